The lowest BCUT2D eigenvalue weighted by Gasteiger charge is -2.15. The molecule has 3 N–H and O–H groups in total. The van der Waals surface area contributed by atoms with E-state index in [1.807, 2.05) is 0 Å². The van der Waals surface area contributed by atoms with E-state index < -0.39 is 17.5 Å². The summed E-state index contributed by atoms with van der Waals surface area (Å²) < 4.78 is 19.9. The number of aromatic nitrogens is 2. The number of furan rings is 1. The molecular formula is C19H19FN4O3. The maximum Gasteiger partial charge on any atom is 0.290 e. The van der Waals surface area contributed by atoms with Crippen molar-refractivity contribution in [2.24, 2.45) is 0 Å². The van der Waals surface area contributed by atoms with Gasteiger partial charge in [0.15, 0.2) is 5.76 Å². The molecule has 0 fully saturated rings. The SMILES string of the molecule is CC(C(=O)NCCc1ccccc1F)n1nc(-c2ccco2)cc(N)c1=O. The summed E-state index contributed by atoms with van der Waals surface area (Å²) in [5.41, 5.74) is 6.02. The van der Waals surface area contributed by atoms with Crippen LogP contribution in [0.1, 0.15) is 18.5 Å². The van der Waals surface area contributed by atoms with Gasteiger partial charge in [0.1, 0.15) is 23.2 Å². The van der Waals surface area contributed by atoms with Crippen molar-refractivity contribution in [2.75, 3.05) is 12.3 Å². The molecule has 0 bridgehead atoms. The van der Waals surface area contributed by atoms with E-state index in [0.717, 1.165) is 4.68 Å². The summed E-state index contributed by atoms with van der Waals surface area (Å²) >= 11 is 0. The lowest BCUT2D eigenvalue weighted by atomic mass is 10.1. The summed E-state index contributed by atoms with van der Waals surface area (Å²) in [6.07, 6.45) is 1.81. The maximum atomic E-state index is 13.6. The quantitative estimate of drug-likeness (QED) is 0.692. The minimum Gasteiger partial charge on any atom is -0.463 e. The van der Waals surface area contributed by atoms with Crippen LogP contribution in [0.2, 0.25) is 0 Å². The summed E-state index contributed by atoms with van der Waals surface area (Å²) in [5, 5.41) is 6.87. The Morgan fingerprint density at radius 3 is 2.81 bits per heavy atom. The Bertz CT molecular complexity index is 998. The summed E-state index contributed by atoms with van der Waals surface area (Å²) in [6, 6.07) is 10.2. The van der Waals surface area contributed by atoms with Crippen LogP contribution >= 0.6 is 0 Å². The van der Waals surface area contributed by atoms with Crippen LogP contribution in [0.3, 0.4) is 0 Å². The van der Waals surface area contributed by atoms with Gasteiger partial charge in [-0.15, -0.1) is 0 Å². The second kappa shape index (κ2) is 7.86. The van der Waals surface area contributed by atoms with Crippen LogP contribution in [0.25, 0.3) is 11.5 Å². The fourth-order valence-electron chi connectivity index (χ4n) is 2.62. The molecule has 3 rings (SSSR count). The first-order valence-electron chi connectivity index (χ1n) is 8.41. The van der Waals surface area contributed by atoms with Gasteiger partial charge in [-0.25, -0.2) is 9.07 Å². The number of carbonyl (C=O) groups excluding carboxylic acids is 1. The van der Waals surface area contributed by atoms with Gasteiger partial charge in [-0.2, -0.15) is 5.10 Å². The average molecular weight is 370 g/mol. The van der Waals surface area contributed by atoms with Gasteiger partial charge in [0.25, 0.3) is 5.56 Å². The number of carbonyl (C=O) groups is 1. The molecule has 0 spiro atoms. The van der Waals surface area contributed by atoms with Crippen LogP contribution < -0.4 is 16.6 Å². The van der Waals surface area contributed by atoms with Crippen LogP contribution in [-0.4, -0.2) is 22.2 Å². The van der Waals surface area contributed by atoms with Gasteiger partial charge in [0, 0.05) is 6.54 Å². The summed E-state index contributed by atoms with van der Waals surface area (Å²) in [4.78, 5) is 24.7. The van der Waals surface area contributed by atoms with E-state index in [9.17, 15) is 14.0 Å². The van der Waals surface area contributed by atoms with Crippen molar-refractivity contribution >= 4 is 11.6 Å². The van der Waals surface area contributed by atoms with Gasteiger partial charge in [0.2, 0.25) is 5.91 Å². The lowest BCUT2D eigenvalue weighted by molar-refractivity contribution is -0.124. The molecule has 0 aliphatic heterocycles. The van der Waals surface area contributed by atoms with E-state index in [-0.39, 0.29) is 18.0 Å². The van der Waals surface area contributed by atoms with E-state index in [1.54, 1.807) is 30.3 Å². The lowest BCUT2D eigenvalue weighted by Crippen LogP contribution is -2.38. The first-order valence-corrected chi connectivity index (χ1v) is 8.41. The number of rotatable bonds is 6. The molecule has 1 unspecified atom stereocenters. The molecular weight excluding hydrogens is 351 g/mol. The van der Waals surface area contributed by atoms with E-state index in [0.29, 0.717) is 23.4 Å². The zero-order valence-corrected chi connectivity index (χ0v) is 14.7. The highest BCUT2D eigenvalue weighted by Crippen LogP contribution is 2.18. The maximum absolute atomic E-state index is 13.6. The predicted molar refractivity (Wildman–Crippen MR) is 98.4 cm³/mol. The third-order valence-electron chi connectivity index (χ3n) is 4.13. The van der Waals surface area contributed by atoms with Crippen molar-refractivity contribution in [1.29, 1.82) is 0 Å². The largest absolute Gasteiger partial charge is 0.463 e. The zero-order valence-electron chi connectivity index (χ0n) is 14.7. The van der Waals surface area contributed by atoms with Crippen LogP contribution in [0.4, 0.5) is 10.1 Å². The topological polar surface area (TPSA) is 103 Å². The molecule has 0 aliphatic carbocycles. The molecule has 8 heteroatoms. The molecule has 2 heterocycles. The molecule has 7 nitrogen and oxygen atoms in total. The Morgan fingerprint density at radius 1 is 1.33 bits per heavy atom. The molecule has 0 saturated carbocycles. The Kier molecular flexibility index (Phi) is 5.35. The molecule has 2 aromatic heterocycles. The number of halogens is 1. The van der Waals surface area contributed by atoms with Crippen molar-refractivity contribution in [1.82, 2.24) is 15.1 Å². The monoisotopic (exact) mass is 370 g/mol. The highest BCUT2D eigenvalue weighted by molar-refractivity contribution is 5.79. The zero-order chi connectivity index (χ0) is 19.4. The van der Waals surface area contributed by atoms with Gasteiger partial charge in [0.05, 0.1) is 6.26 Å². The van der Waals surface area contributed by atoms with E-state index in [2.05, 4.69) is 10.4 Å². The average Bonchev–Trinajstić information content (AvgIpc) is 3.19. The Hall–Kier alpha value is -3.42. The number of amides is 1. The number of hydrogen-bond donors (Lipinski definition) is 2. The number of anilines is 1. The van der Waals surface area contributed by atoms with Crippen molar-refractivity contribution in [3.05, 3.63) is 70.5 Å². The van der Waals surface area contributed by atoms with Gasteiger partial charge >= 0.3 is 0 Å². The summed E-state index contributed by atoms with van der Waals surface area (Å²) in [6.45, 7) is 1.77. The van der Waals surface area contributed by atoms with E-state index >= 15 is 0 Å². The summed E-state index contributed by atoms with van der Waals surface area (Å²) in [7, 11) is 0. The van der Waals surface area contributed by atoms with Gasteiger partial charge in [-0.1, -0.05) is 18.2 Å². The number of hydrogen-bond acceptors (Lipinski definition) is 5. The molecule has 140 valence electrons. The number of nitrogen functional groups attached to an aromatic ring is 1. The minimum atomic E-state index is -0.893. The van der Waals surface area contributed by atoms with Crippen LogP contribution in [0, 0.1) is 5.82 Å². The van der Waals surface area contributed by atoms with Gasteiger partial charge in [-0.05, 0) is 43.2 Å². The molecule has 0 aliphatic rings. The number of benzene rings is 1. The molecule has 3 aromatic rings. The van der Waals surface area contributed by atoms with Crippen LogP contribution in [0.5, 0.6) is 0 Å². The molecule has 1 aromatic carbocycles. The van der Waals surface area contributed by atoms with E-state index in [4.69, 9.17) is 10.2 Å². The van der Waals surface area contributed by atoms with Crippen molar-refractivity contribution in [2.45, 2.75) is 19.4 Å². The van der Waals surface area contributed by atoms with Gasteiger partial charge in [-0.3, -0.25) is 9.59 Å². The minimum absolute atomic E-state index is 0.0394. The van der Waals surface area contributed by atoms with E-state index in [1.165, 1.54) is 25.3 Å². The van der Waals surface area contributed by atoms with Crippen LogP contribution in [-0.2, 0) is 11.2 Å². The van der Waals surface area contributed by atoms with Crippen molar-refractivity contribution < 1.29 is 13.6 Å². The van der Waals surface area contributed by atoms with Crippen LogP contribution in [0.15, 0.2) is 57.9 Å². The normalized spacial score (nSPS) is 11.9. The number of nitrogens with two attached hydrogens (primary N) is 1. The Labute approximate surface area is 154 Å². The third kappa shape index (κ3) is 4.05. The first-order chi connectivity index (χ1) is 13.0. The van der Waals surface area contributed by atoms with Crippen molar-refractivity contribution in [3.63, 3.8) is 0 Å². The summed E-state index contributed by atoms with van der Waals surface area (Å²) in [5.74, 6) is -0.309. The van der Waals surface area contributed by atoms with Crippen molar-refractivity contribution in [3.8, 4) is 11.5 Å². The smallest absolute Gasteiger partial charge is 0.290 e. The molecule has 0 radical (unpaired) electrons. The molecule has 1 amide bonds. The molecule has 0 saturated heterocycles. The molecule has 27 heavy (non-hydrogen) atoms. The highest BCUT2D eigenvalue weighted by atomic mass is 19.1. The number of nitrogens with one attached hydrogen (secondary N) is 1. The second-order valence-corrected chi connectivity index (χ2v) is 6.02. The highest BCUT2D eigenvalue weighted by Gasteiger charge is 2.20. The Morgan fingerprint density at radius 2 is 2.11 bits per heavy atom. The standard InChI is InChI=1S/C19H19FN4O3/c1-12(18(25)22-9-8-13-5-2-3-6-14(13)20)24-19(26)15(21)11-16(23-24)17-7-4-10-27-17/h2-7,10-12H,8-9,21H2,1H3,(H,22,25). The third-order valence-corrected chi connectivity index (χ3v) is 4.13. The second-order valence-electron chi connectivity index (χ2n) is 6.02. The number of nitrogens with zero attached hydrogens (tertiary/aromatic N) is 2. The van der Waals surface area contributed by atoms with Gasteiger partial charge < -0.3 is 15.5 Å². The molecule has 1 atom stereocenters. The Balaban J connectivity index is 1.73. The fraction of sp³-hybridized carbons (Fsp3) is 0.211. The predicted octanol–water partition coefficient (Wildman–Crippen LogP) is 2.14. The fourth-order valence-corrected chi connectivity index (χ4v) is 2.62. The first kappa shape index (κ1) is 18.4.